The van der Waals surface area contributed by atoms with Gasteiger partial charge in [-0.05, 0) is 37.1 Å². The van der Waals surface area contributed by atoms with E-state index in [4.69, 9.17) is 0 Å². The number of halogens is 1. The van der Waals surface area contributed by atoms with Crippen LogP contribution in [0.15, 0.2) is 41.7 Å². The Balaban J connectivity index is 1.85. The zero-order valence-electron chi connectivity index (χ0n) is 12.1. The van der Waals surface area contributed by atoms with Gasteiger partial charge in [-0.15, -0.1) is 0 Å². The fourth-order valence-corrected chi connectivity index (χ4v) is 4.46. The van der Waals surface area contributed by atoms with Crippen molar-refractivity contribution in [1.29, 1.82) is 0 Å². The number of hydrogen-bond acceptors (Lipinski definition) is 4. The van der Waals surface area contributed by atoms with Gasteiger partial charge in [0.25, 0.3) is 0 Å². The highest BCUT2D eigenvalue weighted by molar-refractivity contribution is 7.89. The number of aromatic nitrogens is 2. The normalized spacial score (nSPS) is 19.5. The van der Waals surface area contributed by atoms with Crippen molar-refractivity contribution in [3.63, 3.8) is 0 Å². The van der Waals surface area contributed by atoms with Crippen LogP contribution in [0.1, 0.15) is 23.6 Å². The summed E-state index contributed by atoms with van der Waals surface area (Å²) >= 11 is 0. The highest BCUT2D eigenvalue weighted by atomic mass is 32.2. The number of benzene rings is 1. The van der Waals surface area contributed by atoms with Gasteiger partial charge in [-0.1, -0.05) is 0 Å². The second kappa shape index (κ2) is 5.73. The van der Waals surface area contributed by atoms with Gasteiger partial charge in [0.05, 0.1) is 10.6 Å². The van der Waals surface area contributed by atoms with Gasteiger partial charge in [0.15, 0.2) is 0 Å². The van der Waals surface area contributed by atoms with Crippen LogP contribution >= 0.6 is 0 Å². The molecule has 0 bridgehead atoms. The van der Waals surface area contributed by atoms with E-state index in [-0.39, 0.29) is 10.8 Å². The molecule has 1 aliphatic heterocycles. The van der Waals surface area contributed by atoms with Gasteiger partial charge >= 0.3 is 0 Å². The third kappa shape index (κ3) is 2.74. The molecule has 1 aliphatic rings. The van der Waals surface area contributed by atoms with Crippen LogP contribution in [0.5, 0.6) is 0 Å². The molecule has 7 heteroatoms. The van der Waals surface area contributed by atoms with E-state index >= 15 is 0 Å². The Hall–Kier alpha value is -1.86. The minimum absolute atomic E-state index is 0.0456. The molecule has 0 amide bonds. The maximum absolute atomic E-state index is 13.2. The Bertz CT molecular complexity index is 781. The Morgan fingerprint density at radius 1 is 1.32 bits per heavy atom. The summed E-state index contributed by atoms with van der Waals surface area (Å²) in [5, 5.41) is 0. The van der Waals surface area contributed by atoms with Crippen molar-refractivity contribution in [3.8, 4) is 0 Å². The first kappa shape index (κ1) is 15.1. The van der Waals surface area contributed by atoms with E-state index in [0.29, 0.717) is 25.1 Å². The van der Waals surface area contributed by atoms with E-state index in [1.807, 2.05) is 0 Å². The molecule has 0 saturated carbocycles. The summed E-state index contributed by atoms with van der Waals surface area (Å²) in [6.07, 6.45) is 5.58. The molecular formula is C15H16FN3O2S. The lowest BCUT2D eigenvalue weighted by Gasteiger charge is -2.18. The molecule has 5 nitrogen and oxygen atoms in total. The van der Waals surface area contributed by atoms with Gasteiger partial charge < -0.3 is 0 Å². The minimum Gasteiger partial charge on any atom is -0.261 e. The van der Waals surface area contributed by atoms with Gasteiger partial charge in [-0.3, -0.25) is 9.97 Å². The van der Waals surface area contributed by atoms with Crippen LogP contribution in [0, 0.1) is 12.7 Å². The number of rotatable bonds is 3. The van der Waals surface area contributed by atoms with Crippen molar-refractivity contribution in [1.82, 2.24) is 14.3 Å². The minimum atomic E-state index is -3.61. The first-order valence-electron chi connectivity index (χ1n) is 7.00. The average Bonchev–Trinajstić information content (AvgIpc) is 2.98. The number of hydrogen-bond donors (Lipinski definition) is 0. The summed E-state index contributed by atoms with van der Waals surface area (Å²) in [6.45, 7) is 2.41. The van der Waals surface area contributed by atoms with Crippen molar-refractivity contribution in [2.45, 2.75) is 24.2 Å². The number of aryl methyl sites for hydroxylation is 1. The van der Waals surface area contributed by atoms with Gasteiger partial charge in [0.1, 0.15) is 5.82 Å². The van der Waals surface area contributed by atoms with Crippen LogP contribution in [0.3, 0.4) is 0 Å². The van der Waals surface area contributed by atoms with E-state index in [1.165, 1.54) is 22.5 Å². The Morgan fingerprint density at radius 2 is 2.14 bits per heavy atom. The van der Waals surface area contributed by atoms with Gasteiger partial charge in [-0.25, -0.2) is 12.8 Å². The molecule has 3 rings (SSSR count). The maximum atomic E-state index is 13.2. The first-order valence-corrected chi connectivity index (χ1v) is 8.44. The highest BCUT2D eigenvalue weighted by Crippen LogP contribution is 2.30. The van der Waals surface area contributed by atoms with Gasteiger partial charge in [0, 0.05) is 37.6 Å². The standard InChI is InChI=1S/C15H16FN3O2S/c1-11-8-13(16)2-3-15(11)22(20,21)19-7-4-12(10-19)14-9-17-5-6-18-14/h2-3,5-6,8-9,12H,4,7,10H2,1H3/t12-/m0/s1. The molecule has 22 heavy (non-hydrogen) atoms. The second-order valence-electron chi connectivity index (χ2n) is 5.39. The third-order valence-electron chi connectivity index (χ3n) is 3.91. The van der Waals surface area contributed by atoms with Gasteiger partial charge in [-0.2, -0.15) is 4.31 Å². The van der Waals surface area contributed by atoms with Crippen molar-refractivity contribution >= 4 is 10.0 Å². The fourth-order valence-electron chi connectivity index (χ4n) is 2.75. The van der Waals surface area contributed by atoms with Crippen molar-refractivity contribution in [2.24, 2.45) is 0 Å². The molecule has 0 aliphatic carbocycles. The molecule has 0 radical (unpaired) electrons. The lowest BCUT2D eigenvalue weighted by molar-refractivity contribution is 0.471. The monoisotopic (exact) mass is 321 g/mol. The summed E-state index contributed by atoms with van der Waals surface area (Å²) in [5.74, 6) is -0.389. The van der Waals surface area contributed by atoms with E-state index in [9.17, 15) is 12.8 Å². The van der Waals surface area contributed by atoms with Crippen molar-refractivity contribution in [3.05, 3.63) is 53.9 Å². The Morgan fingerprint density at radius 3 is 2.82 bits per heavy atom. The molecule has 1 aromatic heterocycles. The molecule has 2 heterocycles. The van der Waals surface area contributed by atoms with Crippen LogP contribution in [0.25, 0.3) is 0 Å². The van der Waals surface area contributed by atoms with Crippen molar-refractivity contribution in [2.75, 3.05) is 13.1 Å². The highest BCUT2D eigenvalue weighted by Gasteiger charge is 2.34. The Labute approximate surface area is 128 Å². The van der Waals surface area contributed by atoms with Crippen molar-refractivity contribution < 1.29 is 12.8 Å². The smallest absolute Gasteiger partial charge is 0.243 e. The molecule has 0 unspecified atom stereocenters. The molecule has 1 fully saturated rings. The second-order valence-corrected chi connectivity index (χ2v) is 7.30. The molecular weight excluding hydrogens is 305 g/mol. The van der Waals surface area contributed by atoms with E-state index in [0.717, 1.165) is 5.69 Å². The van der Waals surface area contributed by atoms with E-state index < -0.39 is 15.8 Å². The molecule has 1 saturated heterocycles. The predicted molar refractivity (Wildman–Crippen MR) is 79.3 cm³/mol. The van der Waals surface area contributed by atoms with Crippen LogP contribution in [0.4, 0.5) is 4.39 Å². The summed E-state index contributed by atoms with van der Waals surface area (Å²) in [6, 6.07) is 3.74. The molecule has 0 spiro atoms. The quantitative estimate of drug-likeness (QED) is 0.868. The topological polar surface area (TPSA) is 63.2 Å². The SMILES string of the molecule is Cc1cc(F)ccc1S(=O)(=O)N1CC[C@H](c2cnccn2)C1. The fraction of sp³-hybridized carbons (Fsp3) is 0.333. The summed E-state index contributed by atoms with van der Waals surface area (Å²) in [5.41, 5.74) is 1.22. The van der Waals surface area contributed by atoms with Crippen LogP contribution in [-0.2, 0) is 10.0 Å². The lowest BCUT2D eigenvalue weighted by atomic mass is 10.1. The first-order chi connectivity index (χ1) is 10.5. The summed E-state index contributed by atoms with van der Waals surface area (Å²) < 4.78 is 40.0. The van der Waals surface area contributed by atoms with Crippen LogP contribution in [0.2, 0.25) is 0 Å². The zero-order valence-corrected chi connectivity index (χ0v) is 12.9. The van der Waals surface area contributed by atoms with Crippen LogP contribution in [-0.4, -0.2) is 35.8 Å². The third-order valence-corrected chi connectivity index (χ3v) is 5.93. The zero-order chi connectivity index (χ0) is 15.7. The van der Waals surface area contributed by atoms with E-state index in [1.54, 1.807) is 25.5 Å². The molecule has 2 aromatic rings. The summed E-state index contributed by atoms with van der Waals surface area (Å²) in [7, 11) is -3.61. The lowest BCUT2D eigenvalue weighted by Crippen LogP contribution is -2.29. The number of nitrogens with zero attached hydrogens (tertiary/aromatic N) is 3. The molecule has 1 atom stereocenters. The van der Waals surface area contributed by atoms with Crippen LogP contribution < -0.4 is 0 Å². The predicted octanol–water partition coefficient (Wildman–Crippen LogP) is 2.10. The van der Waals surface area contributed by atoms with Gasteiger partial charge in [0.2, 0.25) is 10.0 Å². The molecule has 0 N–H and O–H groups in total. The summed E-state index contributed by atoms with van der Waals surface area (Å²) in [4.78, 5) is 8.43. The average molecular weight is 321 g/mol. The maximum Gasteiger partial charge on any atom is 0.243 e. The largest absolute Gasteiger partial charge is 0.261 e. The molecule has 116 valence electrons. The van der Waals surface area contributed by atoms with E-state index in [2.05, 4.69) is 9.97 Å². The molecule has 1 aromatic carbocycles. The number of sulfonamides is 1. The Kier molecular flexibility index (Phi) is 3.92.